The summed E-state index contributed by atoms with van der Waals surface area (Å²) in [5.41, 5.74) is 1.96. The van der Waals surface area contributed by atoms with E-state index in [1.807, 2.05) is 25.1 Å². The Balaban J connectivity index is 2.54. The van der Waals surface area contributed by atoms with Gasteiger partial charge in [-0.25, -0.2) is 0 Å². The van der Waals surface area contributed by atoms with Gasteiger partial charge in [0, 0.05) is 25.7 Å². The highest BCUT2D eigenvalue weighted by Crippen LogP contribution is 2.20. The fraction of sp³-hybridized carbons (Fsp3) is 0.500. The van der Waals surface area contributed by atoms with E-state index < -0.39 is 0 Å². The molecule has 0 saturated carbocycles. The summed E-state index contributed by atoms with van der Waals surface area (Å²) in [6, 6.07) is 5.80. The Kier molecular flexibility index (Phi) is 5.15. The summed E-state index contributed by atoms with van der Waals surface area (Å²) in [6.07, 6.45) is 0.856. The predicted molar refractivity (Wildman–Crippen MR) is 59.1 cm³/mol. The van der Waals surface area contributed by atoms with Gasteiger partial charge in [-0.2, -0.15) is 0 Å². The molecule has 0 radical (unpaired) electrons. The summed E-state index contributed by atoms with van der Waals surface area (Å²) in [4.78, 5) is 0. The van der Waals surface area contributed by atoms with Gasteiger partial charge in [-0.05, 0) is 18.6 Å². The molecule has 0 spiro atoms. The number of aliphatic hydroxyl groups excluding tert-OH is 1. The van der Waals surface area contributed by atoms with Crippen LogP contribution in [0.25, 0.3) is 0 Å². The van der Waals surface area contributed by atoms with E-state index in [2.05, 4.69) is 0 Å². The maximum Gasteiger partial charge on any atom is 0.125 e. The van der Waals surface area contributed by atoms with Crippen molar-refractivity contribution in [2.45, 2.75) is 20.0 Å². The minimum absolute atomic E-state index is 0.0138. The lowest BCUT2D eigenvalue weighted by Gasteiger charge is -2.10. The van der Waals surface area contributed by atoms with E-state index in [1.54, 1.807) is 7.11 Å². The third-order valence-corrected chi connectivity index (χ3v) is 2.14. The van der Waals surface area contributed by atoms with E-state index in [0.29, 0.717) is 13.2 Å². The fourth-order valence-electron chi connectivity index (χ4n) is 1.31. The second kappa shape index (κ2) is 6.43. The summed E-state index contributed by atoms with van der Waals surface area (Å²) in [6.45, 7) is 3.33. The highest BCUT2D eigenvalue weighted by molar-refractivity contribution is 5.36. The molecule has 1 aromatic carbocycles. The molecule has 1 rings (SSSR count). The molecule has 3 heteroatoms. The topological polar surface area (TPSA) is 38.7 Å². The number of methoxy groups -OCH3 is 1. The Hall–Kier alpha value is -1.06. The molecule has 0 bridgehead atoms. The summed E-state index contributed by atoms with van der Waals surface area (Å²) in [5, 5.41) is 9.11. The molecule has 0 aliphatic carbocycles. The average molecular weight is 210 g/mol. The predicted octanol–water partition coefficient (Wildman–Crippen LogP) is 1.90. The number of hydrogen-bond donors (Lipinski definition) is 1. The lowest BCUT2D eigenvalue weighted by atomic mass is 10.1. The first-order valence-electron chi connectivity index (χ1n) is 5.10. The van der Waals surface area contributed by atoms with Crippen molar-refractivity contribution >= 4 is 0 Å². The molecule has 0 aromatic heterocycles. The third kappa shape index (κ3) is 3.90. The standard InChI is InChI=1S/C12H18O3/c1-10-4-5-11(9-13)12(8-10)15-7-3-6-14-2/h4-5,8,13H,3,6-7,9H2,1-2H3. The van der Waals surface area contributed by atoms with Crippen molar-refractivity contribution in [3.8, 4) is 5.75 Å². The van der Waals surface area contributed by atoms with Crippen molar-refractivity contribution < 1.29 is 14.6 Å². The van der Waals surface area contributed by atoms with Crippen LogP contribution in [-0.4, -0.2) is 25.4 Å². The molecule has 84 valence electrons. The first-order valence-corrected chi connectivity index (χ1v) is 5.10. The molecular formula is C12H18O3. The highest BCUT2D eigenvalue weighted by Gasteiger charge is 2.02. The SMILES string of the molecule is COCCCOc1cc(C)ccc1CO. The number of ether oxygens (including phenoxy) is 2. The Morgan fingerprint density at radius 3 is 2.73 bits per heavy atom. The largest absolute Gasteiger partial charge is 0.493 e. The highest BCUT2D eigenvalue weighted by atomic mass is 16.5. The number of hydrogen-bond acceptors (Lipinski definition) is 3. The number of rotatable bonds is 6. The molecule has 0 aliphatic rings. The van der Waals surface area contributed by atoms with Crippen LogP contribution < -0.4 is 4.74 Å². The van der Waals surface area contributed by atoms with Crippen LogP contribution in [0.5, 0.6) is 5.75 Å². The lowest BCUT2D eigenvalue weighted by molar-refractivity contribution is 0.170. The van der Waals surface area contributed by atoms with Crippen LogP contribution in [0.1, 0.15) is 17.5 Å². The van der Waals surface area contributed by atoms with Crippen LogP contribution in [0.4, 0.5) is 0 Å². The maximum absolute atomic E-state index is 9.11. The first-order chi connectivity index (χ1) is 7.27. The Morgan fingerprint density at radius 2 is 2.07 bits per heavy atom. The molecule has 0 atom stereocenters. The second-order valence-electron chi connectivity index (χ2n) is 3.46. The summed E-state index contributed by atoms with van der Waals surface area (Å²) in [5.74, 6) is 0.772. The zero-order chi connectivity index (χ0) is 11.1. The van der Waals surface area contributed by atoms with Gasteiger partial charge in [0.25, 0.3) is 0 Å². The molecule has 3 nitrogen and oxygen atoms in total. The normalized spacial score (nSPS) is 10.3. The van der Waals surface area contributed by atoms with Crippen molar-refractivity contribution in [2.24, 2.45) is 0 Å². The fourth-order valence-corrected chi connectivity index (χ4v) is 1.31. The van der Waals surface area contributed by atoms with Crippen LogP contribution in [0, 0.1) is 6.92 Å². The van der Waals surface area contributed by atoms with Crippen LogP contribution in [0.15, 0.2) is 18.2 Å². The van der Waals surface area contributed by atoms with E-state index >= 15 is 0 Å². The minimum Gasteiger partial charge on any atom is -0.493 e. The van der Waals surface area contributed by atoms with E-state index in [0.717, 1.165) is 23.3 Å². The lowest BCUT2D eigenvalue weighted by Crippen LogP contribution is -2.03. The Bertz CT molecular complexity index is 297. The van der Waals surface area contributed by atoms with Gasteiger partial charge in [0.2, 0.25) is 0 Å². The van der Waals surface area contributed by atoms with E-state index in [-0.39, 0.29) is 6.61 Å². The summed E-state index contributed by atoms with van der Waals surface area (Å²) in [7, 11) is 1.67. The van der Waals surface area contributed by atoms with Crippen molar-refractivity contribution in [1.82, 2.24) is 0 Å². The van der Waals surface area contributed by atoms with E-state index in [4.69, 9.17) is 14.6 Å². The smallest absolute Gasteiger partial charge is 0.125 e. The summed E-state index contributed by atoms with van der Waals surface area (Å²) >= 11 is 0. The van der Waals surface area contributed by atoms with Crippen molar-refractivity contribution in [3.63, 3.8) is 0 Å². The molecule has 1 aromatic rings. The molecule has 0 heterocycles. The van der Waals surface area contributed by atoms with Crippen LogP contribution in [0.3, 0.4) is 0 Å². The van der Waals surface area contributed by atoms with Gasteiger partial charge in [-0.15, -0.1) is 0 Å². The number of aliphatic hydroxyl groups is 1. The van der Waals surface area contributed by atoms with Gasteiger partial charge in [0.05, 0.1) is 13.2 Å². The Labute approximate surface area is 90.6 Å². The zero-order valence-electron chi connectivity index (χ0n) is 9.32. The molecule has 0 saturated heterocycles. The molecule has 0 amide bonds. The average Bonchev–Trinajstić information content (AvgIpc) is 2.25. The molecule has 1 N–H and O–H groups in total. The van der Waals surface area contributed by atoms with Gasteiger partial charge in [-0.3, -0.25) is 0 Å². The van der Waals surface area contributed by atoms with Gasteiger partial charge in [-0.1, -0.05) is 12.1 Å². The van der Waals surface area contributed by atoms with Gasteiger partial charge in [0.15, 0.2) is 0 Å². The maximum atomic E-state index is 9.11. The van der Waals surface area contributed by atoms with Crippen LogP contribution >= 0.6 is 0 Å². The zero-order valence-corrected chi connectivity index (χ0v) is 9.32. The number of benzene rings is 1. The van der Waals surface area contributed by atoms with Crippen molar-refractivity contribution in [1.29, 1.82) is 0 Å². The Morgan fingerprint density at radius 1 is 1.27 bits per heavy atom. The quantitative estimate of drug-likeness (QED) is 0.729. The van der Waals surface area contributed by atoms with E-state index in [9.17, 15) is 0 Å². The summed E-state index contributed by atoms with van der Waals surface area (Å²) < 4.78 is 10.5. The molecular weight excluding hydrogens is 192 g/mol. The molecule has 0 fully saturated rings. The van der Waals surface area contributed by atoms with E-state index in [1.165, 1.54) is 0 Å². The minimum atomic E-state index is 0.0138. The van der Waals surface area contributed by atoms with Gasteiger partial charge >= 0.3 is 0 Å². The second-order valence-corrected chi connectivity index (χ2v) is 3.46. The van der Waals surface area contributed by atoms with Crippen LogP contribution in [-0.2, 0) is 11.3 Å². The first kappa shape index (κ1) is 12.0. The molecule has 0 aliphatic heterocycles. The van der Waals surface area contributed by atoms with Crippen molar-refractivity contribution in [2.75, 3.05) is 20.3 Å². The number of aryl methyl sites for hydroxylation is 1. The monoisotopic (exact) mass is 210 g/mol. The van der Waals surface area contributed by atoms with Gasteiger partial charge in [0.1, 0.15) is 5.75 Å². The molecule has 15 heavy (non-hydrogen) atoms. The third-order valence-electron chi connectivity index (χ3n) is 2.14. The molecule has 0 unspecified atom stereocenters. The van der Waals surface area contributed by atoms with Crippen LogP contribution in [0.2, 0.25) is 0 Å². The van der Waals surface area contributed by atoms with Gasteiger partial charge < -0.3 is 14.6 Å². The van der Waals surface area contributed by atoms with Crippen molar-refractivity contribution in [3.05, 3.63) is 29.3 Å².